The lowest BCUT2D eigenvalue weighted by Gasteiger charge is -2.34. The fraction of sp³-hybridized carbons (Fsp3) is 0.304. The number of aromatic nitrogens is 3. The Balaban J connectivity index is 1.40. The van der Waals surface area contributed by atoms with E-state index in [1.165, 1.54) is 22.9 Å². The maximum absolute atomic E-state index is 14.3. The van der Waals surface area contributed by atoms with Gasteiger partial charge in [0.25, 0.3) is 5.56 Å². The topological polar surface area (TPSA) is 89.8 Å². The highest BCUT2D eigenvalue weighted by molar-refractivity contribution is 5.89. The smallest absolute Gasteiger partial charge is 0.414 e. The maximum atomic E-state index is 14.3. The molecule has 2 saturated heterocycles. The van der Waals surface area contributed by atoms with Crippen molar-refractivity contribution in [3.63, 3.8) is 0 Å². The van der Waals surface area contributed by atoms with Crippen molar-refractivity contribution in [2.75, 3.05) is 42.6 Å². The fourth-order valence-corrected chi connectivity index (χ4v) is 4.06. The summed E-state index contributed by atoms with van der Waals surface area (Å²) in [5, 5.41) is 0. The monoisotopic (exact) mass is 451 g/mol. The van der Waals surface area contributed by atoms with Gasteiger partial charge in [0.05, 0.1) is 31.6 Å². The lowest BCUT2D eigenvalue weighted by atomic mass is 10.1. The zero-order chi connectivity index (χ0) is 22.9. The molecule has 0 spiro atoms. The van der Waals surface area contributed by atoms with E-state index >= 15 is 0 Å². The van der Waals surface area contributed by atoms with E-state index in [0.29, 0.717) is 38.8 Å². The quantitative estimate of drug-likeness (QED) is 0.602. The van der Waals surface area contributed by atoms with Gasteiger partial charge in [0, 0.05) is 37.1 Å². The molecule has 1 aromatic carbocycles. The van der Waals surface area contributed by atoms with Gasteiger partial charge in [0.1, 0.15) is 12.7 Å². The van der Waals surface area contributed by atoms with Crippen molar-refractivity contribution in [1.29, 1.82) is 0 Å². The third-order valence-electron chi connectivity index (χ3n) is 5.85. The Kier molecular flexibility index (Phi) is 5.51. The van der Waals surface area contributed by atoms with E-state index in [1.807, 2.05) is 29.2 Å². The second kappa shape index (κ2) is 8.62. The zero-order valence-corrected chi connectivity index (χ0v) is 18.0. The van der Waals surface area contributed by atoms with Crippen molar-refractivity contribution in [2.24, 2.45) is 7.05 Å². The number of pyridine rings is 1. The highest BCUT2D eigenvalue weighted by atomic mass is 19.1. The number of hydrogen-bond donors (Lipinski definition) is 0. The van der Waals surface area contributed by atoms with Gasteiger partial charge in [-0.15, -0.1) is 0 Å². The first-order valence-corrected chi connectivity index (χ1v) is 10.6. The number of morpholine rings is 1. The van der Waals surface area contributed by atoms with Crippen molar-refractivity contribution < 1.29 is 18.7 Å². The number of halogens is 1. The minimum absolute atomic E-state index is 0.227. The van der Waals surface area contributed by atoms with Crippen LogP contribution in [0.25, 0.3) is 11.3 Å². The summed E-state index contributed by atoms with van der Waals surface area (Å²) in [4.78, 5) is 36.3. The molecule has 2 aliphatic rings. The molecule has 9 nitrogen and oxygen atoms in total. The van der Waals surface area contributed by atoms with E-state index in [-0.39, 0.29) is 29.0 Å². The highest BCUT2D eigenvalue weighted by Gasteiger charge is 2.27. The first-order valence-electron chi connectivity index (χ1n) is 10.6. The van der Waals surface area contributed by atoms with Crippen LogP contribution >= 0.6 is 0 Å². The van der Waals surface area contributed by atoms with Crippen molar-refractivity contribution in [3.8, 4) is 11.3 Å². The molecular formula is C23H22FN5O4. The number of nitrogens with zero attached hydrogens (tertiary/aromatic N) is 5. The van der Waals surface area contributed by atoms with Crippen LogP contribution in [0.5, 0.6) is 0 Å². The number of hydrogen-bond acceptors (Lipinski definition) is 7. The Labute approximate surface area is 189 Å². The van der Waals surface area contributed by atoms with Crippen LogP contribution in [-0.4, -0.2) is 53.5 Å². The maximum Gasteiger partial charge on any atom is 0.414 e. The van der Waals surface area contributed by atoms with Crippen LogP contribution in [0.3, 0.4) is 0 Å². The van der Waals surface area contributed by atoms with Gasteiger partial charge in [-0.25, -0.2) is 14.2 Å². The first kappa shape index (κ1) is 21.1. The van der Waals surface area contributed by atoms with E-state index in [0.717, 1.165) is 17.4 Å². The summed E-state index contributed by atoms with van der Waals surface area (Å²) >= 11 is 0. The molecule has 3 aromatic rings. The summed E-state index contributed by atoms with van der Waals surface area (Å²) in [6.07, 6.45) is 1.97. The molecule has 170 valence electrons. The average molecular weight is 451 g/mol. The molecule has 0 unspecified atom stereocenters. The van der Waals surface area contributed by atoms with Crippen molar-refractivity contribution >= 4 is 17.7 Å². The minimum Gasteiger partial charge on any atom is -0.447 e. The number of anilines is 2. The standard InChI is InChI=1S/C23H22FN5O4/c1-27-21(30)12-19(17-6-7-25-13-18(17)24)26-22(27)28-8-10-32-20(14-28)15-2-4-16(5-3-15)29-9-11-33-23(29)31/h2-7,12-13,20H,8-11,14H2,1H3/t20-/m1/s1. The van der Waals surface area contributed by atoms with Crippen LogP contribution in [0.1, 0.15) is 11.7 Å². The summed E-state index contributed by atoms with van der Waals surface area (Å²) in [7, 11) is 1.64. The van der Waals surface area contributed by atoms with Gasteiger partial charge >= 0.3 is 6.09 Å². The molecule has 2 aliphatic heterocycles. The highest BCUT2D eigenvalue weighted by Crippen LogP contribution is 2.28. The number of rotatable bonds is 4. The van der Waals surface area contributed by atoms with Gasteiger partial charge in [0.2, 0.25) is 5.95 Å². The average Bonchev–Trinajstić information content (AvgIpc) is 3.27. The number of benzene rings is 1. The van der Waals surface area contributed by atoms with Crippen LogP contribution in [0.2, 0.25) is 0 Å². The van der Waals surface area contributed by atoms with Crippen LogP contribution in [0.4, 0.5) is 20.8 Å². The second-order valence-electron chi connectivity index (χ2n) is 7.86. The number of carbonyl (C=O) groups excluding carboxylic acids is 1. The Bertz CT molecular complexity index is 1250. The molecule has 4 heterocycles. The molecule has 2 fully saturated rings. The summed E-state index contributed by atoms with van der Waals surface area (Å²) in [5.74, 6) is -0.0931. The Hall–Kier alpha value is -3.79. The van der Waals surface area contributed by atoms with E-state index in [1.54, 1.807) is 11.9 Å². The zero-order valence-electron chi connectivity index (χ0n) is 18.0. The molecule has 33 heavy (non-hydrogen) atoms. The molecule has 5 rings (SSSR count). The lowest BCUT2D eigenvalue weighted by molar-refractivity contribution is 0.0390. The third-order valence-corrected chi connectivity index (χ3v) is 5.85. The number of carbonyl (C=O) groups is 1. The largest absolute Gasteiger partial charge is 0.447 e. The normalized spacial score (nSPS) is 18.5. The van der Waals surface area contributed by atoms with Gasteiger partial charge < -0.3 is 14.4 Å². The van der Waals surface area contributed by atoms with Gasteiger partial charge in [-0.2, -0.15) is 0 Å². The number of cyclic esters (lactones) is 1. The third kappa shape index (κ3) is 4.05. The van der Waals surface area contributed by atoms with Crippen LogP contribution < -0.4 is 15.4 Å². The molecular weight excluding hydrogens is 429 g/mol. The molecule has 0 aliphatic carbocycles. The first-order chi connectivity index (χ1) is 16.0. The van der Waals surface area contributed by atoms with Gasteiger partial charge in [-0.05, 0) is 23.8 Å². The van der Waals surface area contributed by atoms with Crippen molar-refractivity contribution in [1.82, 2.24) is 14.5 Å². The van der Waals surface area contributed by atoms with E-state index in [4.69, 9.17) is 9.47 Å². The lowest BCUT2D eigenvalue weighted by Crippen LogP contribution is -2.41. The summed E-state index contributed by atoms with van der Waals surface area (Å²) in [5.41, 5.74) is 1.92. The fourth-order valence-electron chi connectivity index (χ4n) is 4.06. The van der Waals surface area contributed by atoms with Crippen molar-refractivity contribution in [2.45, 2.75) is 6.10 Å². The van der Waals surface area contributed by atoms with Crippen LogP contribution in [0.15, 0.2) is 53.6 Å². The van der Waals surface area contributed by atoms with Gasteiger partial charge in [-0.1, -0.05) is 12.1 Å². The number of amides is 1. The minimum atomic E-state index is -0.536. The predicted molar refractivity (Wildman–Crippen MR) is 119 cm³/mol. The second-order valence-corrected chi connectivity index (χ2v) is 7.86. The van der Waals surface area contributed by atoms with E-state index in [2.05, 4.69) is 9.97 Å². The molecule has 10 heteroatoms. The molecule has 0 bridgehead atoms. The predicted octanol–water partition coefficient (Wildman–Crippen LogP) is 2.52. The Morgan fingerprint density at radius 3 is 2.64 bits per heavy atom. The van der Waals surface area contributed by atoms with Crippen molar-refractivity contribution in [3.05, 3.63) is 70.5 Å². The summed E-state index contributed by atoms with van der Waals surface area (Å²) < 4.78 is 26.7. The van der Waals surface area contributed by atoms with Gasteiger partial charge in [0.15, 0.2) is 5.82 Å². The Morgan fingerprint density at radius 2 is 1.91 bits per heavy atom. The molecule has 0 saturated carbocycles. The molecule has 0 N–H and O–H groups in total. The molecule has 1 amide bonds. The van der Waals surface area contributed by atoms with Gasteiger partial charge in [-0.3, -0.25) is 19.2 Å². The SMILES string of the molecule is Cn1c(N2CCO[C@@H](c3ccc(N4CCOC4=O)cc3)C2)nc(-c2ccncc2F)cc1=O. The molecule has 2 aromatic heterocycles. The Morgan fingerprint density at radius 1 is 1.09 bits per heavy atom. The molecule has 1 atom stereocenters. The summed E-state index contributed by atoms with van der Waals surface area (Å²) in [6, 6.07) is 10.4. The van der Waals surface area contributed by atoms with E-state index in [9.17, 15) is 14.0 Å². The molecule has 0 radical (unpaired) electrons. The van der Waals surface area contributed by atoms with Crippen LogP contribution in [-0.2, 0) is 16.5 Å². The van der Waals surface area contributed by atoms with E-state index < -0.39 is 5.82 Å². The van der Waals surface area contributed by atoms with Crippen LogP contribution in [0, 0.1) is 5.82 Å². The number of ether oxygens (including phenoxy) is 2. The summed E-state index contributed by atoms with van der Waals surface area (Å²) in [6.45, 7) is 2.36.